The molecule has 5 heteroatoms. The fourth-order valence-electron chi connectivity index (χ4n) is 2.56. The smallest absolute Gasteiger partial charge is 0.270 e. The highest BCUT2D eigenvalue weighted by Gasteiger charge is 2.21. The fourth-order valence-corrected chi connectivity index (χ4v) is 2.74. The maximum Gasteiger partial charge on any atom is 0.270 e. The number of benzene rings is 1. The van der Waals surface area contributed by atoms with Crippen LogP contribution in [0.1, 0.15) is 10.5 Å². The van der Waals surface area contributed by atoms with E-state index in [9.17, 15) is 4.79 Å². The third kappa shape index (κ3) is 2.22. The van der Waals surface area contributed by atoms with Gasteiger partial charge in [0.15, 0.2) is 0 Å². The second-order valence-electron chi connectivity index (χ2n) is 4.83. The topological polar surface area (TPSA) is 37.3 Å². The average molecular weight is 278 g/mol. The molecule has 1 fully saturated rings. The predicted molar refractivity (Wildman–Crippen MR) is 76.7 cm³/mol. The van der Waals surface area contributed by atoms with E-state index in [1.54, 1.807) is 0 Å². The Morgan fingerprint density at radius 2 is 2.00 bits per heavy atom. The highest BCUT2D eigenvalue weighted by molar-refractivity contribution is 6.31. The lowest BCUT2D eigenvalue weighted by molar-refractivity contribution is 0.0726. The maximum atomic E-state index is 12.5. The fraction of sp³-hybridized carbons (Fsp3) is 0.357. The van der Waals surface area contributed by atoms with Crippen LogP contribution in [0.15, 0.2) is 24.3 Å². The molecule has 2 aromatic rings. The van der Waals surface area contributed by atoms with Gasteiger partial charge in [0.25, 0.3) is 5.91 Å². The number of halogens is 1. The number of fused-ring (bicyclic) bond motifs is 1. The Morgan fingerprint density at radius 1 is 1.26 bits per heavy atom. The molecule has 19 heavy (non-hydrogen) atoms. The minimum absolute atomic E-state index is 0.0938. The van der Waals surface area contributed by atoms with Crippen molar-refractivity contribution in [3.8, 4) is 0 Å². The number of nitrogens with one attached hydrogen (secondary N) is 1. The SMILES string of the molecule is Cn1c(C(=O)N2CCNCC2)cc2cc(Cl)ccc21. The van der Waals surface area contributed by atoms with E-state index in [4.69, 9.17) is 11.6 Å². The quantitative estimate of drug-likeness (QED) is 0.864. The Balaban J connectivity index is 2.00. The molecule has 0 aliphatic carbocycles. The van der Waals surface area contributed by atoms with Gasteiger partial charge >= 0.3 is 0 Å². The van der Waals surface area contributed by atoms with Gasteiger partial charge in [-0.05, 0) is 24.3 Å². The second kappa shape index (κ2) is 4.87. The number of rotatable bonds is 1. The minimum Gasteiger partial charge on any atom is -0.340 e. The number of carbonyl (C=O) groups is 1. The van der Waals surface area contributed by atoms with Crippen molar-refractivity contribution in [2.75, 3.05) is 26.2 Å². The number of hydrogen-bond donors (Lipinski definition) is 1. The van der Waals surface area contributed by atoms with Crippen molar-refractivity contribution < 1.29 is 4.79 Å². The summed E-state index contributed by atoms with van der Waals surface area (Å²) in [6, 6.07) is 7.62. The Bertz CT molecular complexity index is 629. The summed E-state index contributed by atoms with van der Waals surface area (Å²) in [6.07, 6.45) is 0. The third-order valence-electron chi connectivity index (χ3n) is 3.63. The van der Waals surface area contributed by atoms with Crippen LogP contribution < -0.4 is 5.32 Å². The van der Waals surface area contributed by atoms with Crippen LogP contribution in [0.2, 0.25) is 5.02 Å². The van der Waals surface area contributed by atoms with Gasteiger partial charge in [-0.15, -0.1) is 0 Å². The van der Waals surface area contributed by atoms with Gasteiger partial charge in [0.1, 0.15) is 5.69 Å². The highest BCUT2D eigenvalue weighted by Crippen LogP contribution is 2.23. The molecule has 1 N–H and O–H groups in total. The first-order valence-electron chi connectivity index (χ1n) is 6.42. The summed E-state index contributed by atoms with van der Waals surface area (Å²) in [5, 5.41) is 4.95. The standard InChI is InChI=1S/C14H16ClN3O/c1-17-12-3-2-11(15)8-10(12)9-13(17)14(19)18-6-4-16-5-7-18/h2-3,8-9,16H,4-7H2,1H3. The molecule has 1 saturated heterocycles. The first-order chi connectivity index (χ1) is 9.16. The minimum atomic E-state index is 0.0938. The molecule has 0 atom stereocenters. The molecule has 1 aliphatic rings. The molecular formula is C14H16ClN3O. The summed E-state index contributed by atoms with van der Waals surface area (Å²) >= 11 is 6.00. The zero-order valence-corrected chi connectivity index (χ0v) is 11.6. The van der Waals surface area contributed by atoms with Crippen molar-refractivity contribution in [1.82, 2.24) is 14.8 Å². The number of carbonyl (C=O) groups excluding carboxylic acids is 1. The van der Waals surface area contributed by atoms with E-state index in [2.05, 4.69) is 5.32 Å². The Morgan fingerprint density at radius 3 is 2.74 bits per heavy atom. The van der Waals surface area contributed by atoms with Crippen LogP contribution in [0, 0.1) is 0 Å². The van der Waals surface area contributed by atoms with Crippen molar-refractivity contribution in [1.29, 1.82) is 0 Å². The molecule has 0 saturated carbocycles. The largest absolute Gasteiger partial charge is 0.340 e. The molecule has 2 heterocycles. The summed E-state index contributed by atoms with van der Waals surface area (Å²) in [7, 11) is 1.92. The molecule has 4 nitrogen and oxygen atoms in total. The number of aromatic nitrogens is 1. The van der Waals surface area contributed by atoms with Crippen LogP contribution in [0.3, 0.4) is 0 Å². The van der Waals surface area contributed by atoms with Crippen LogP contribution in [0.5, 0.6) is 0 Å². The molecule has 1 amide bonds. The predicted octanol–water partition coefficient (Wildman–Crippen LogP) is 1.88. The van der Waals surface area contributed by atoms with Crippen LogP contribution in [0.4, 0.5) is 0 Å². The Labute approximate surface area is 116 Å². The van der Waals surface area contributed by atoms with Gasteiger partial charge in [0.05, 0.1) is 0 Å². The maximum absolute atomic E-state index is 12.5. The van der Waals surface area contributed by atoms with E-state index in [0.29, 0.717) is 5.02 Å². The molecule has 0 radical (unpaired) electrons. The molecule has 1 aromatic heterocycles. The molecule has 100 valence electrons. The van der Waals surface area contributed by atoms with Crippen LogP contribution in [-0.4, -0.2) is 41.6 Å². The van der Waals surface area contributed by atoms with Gasteiger partial charge in [0, 0.05) is 49.2 Å². The molecule has 1 aromatic carbocycles. The lowest BCUT2D eigenvalue weighted by Gasteiger charge is -2.27. The summed E-state index contributed by atoms with van der Waals surface area (Å²) in [4.78, 5) is 14.4. The number of hydrogen-bond acceptors (Lipinski definition) is 2. The normalized spacial score (nSPS) is 16.0. The van der Waals surface area contributed by atoms with E-state index >= 15 is 0 Å². The summed E-state index contributed by atoms with van der Waals surface area (Å²) in [5.74, 6) is 0.0938. The second-order valence-corrected chi connectivity index (χ2v) is 5.27. The van der Waals surface area contributed by atoms with Gasteiger partial charge in [-0.2, -0.15) is 0 Å². The van der Waals surface area contributed by atoms with Crippen molar-refractivity contribution >= 4 is 28.4 Å². The molecule has 3 rings (SSSR count). The molecular weight excluding hydrogens is 262 g/mol. The highest BCUT2D eigenvalue weighted by atomic mass is 35.5. The van der Waals surface area contributed by atoms with Crippen molar-refractivity contribution in [2.45, 2.75) is 0 Å². The lowest BCUT2D eigenvalue weighted by atomic mass is 10.2. The molecule has 1 aliphatic heterocycles. The van der Waals surface area contributed by atoms with Crippen molar-refractivity contribution in [3.05, 3.63) is 35.0 Å². The van der Waals surface area contributed by atoms with Crippen molar-refractivity contribution in [3.63, 3.8) is 0 Å². The summed E-state index contributed by atoms with van der Waals surface area (Å²) < 4.78 is 1.94. The first kappa shape index (κ1) is 12.5. The van der Waals surface area contributed by atoms with Gasteiger partial charge in [-0.3, -0.25) is 4.79 Å². The van der Waals surface area contributed by atoms with Gasteiger partial charge in [-0.1, -0.05) is 11.6 Å². The number of piperazine rings is 1. The number of aryl methyl sites for hydroxylation is 1. The Hall–Kier alpha value is -1.52. The van der Waals surface area contributed by atoms with Gasteiger partial charge in [0.2, 0.25) is 0 Å². The molecule has 0 unspecified atom stereocenters. The number of amides is 1. The average Bonchev–Trinajstić information content (AvgIpc) is 2.75. The summed E-state index contributed by atoms with van der Waals surface area (Å²) in [5.41, 5.74) is 1.75. The molecule has 0 bridgehead atoms. The molecule has 0 spiro atoms. The van der Waals surface area contributed by atoms with Crippen molar-refractivity contribution in [2.24, 2.45) is 7.05 Å². The van der Waals surface area contributed by atoms with E-state index in [-0.39, 0.29) is 5.91 Å². The Kier molecular flexibility index (Phi) is 3.21. The lowest BCUT2D eigenvalue weighted by Crippen LogP contribution is -2.46. The third-order valence-corrected chi connectivity index (χ3v) is 3.86. The van der Waals surface area contributed by atoms with E-state index in [1.165, 1.54) is 0 Å². The summed E-state index contributed by atoms with van der Waals surface area (Å²) in [6.45, 7) is 3.26. The number of nitrogens with zero attached hydrogens (tertiary/aromatic N) is 2. The first-order valence-corrected chi connectivity index (χ1v) is 6.79. The van der Waals surface area contributed by atoms with Crippen LogP contribution in [-0.2, 0) is 7.05 Å². The van der Waals surface area contributed by atoms with Gasteiger partial charge < -0.3 is 14.8 Å². The zero-order valence-electron chi connectivity index (χ0n) is 10.8. The van der Waals surface area contributed by atoms with Crippen LogP contribution >= 0.6 is 11.6 Å². The van der Waals surface area contributed by atoms with Crippen LogP contribution in [0.25, 0.3) is 10.9 Å². The van der Waals surface area contributed by atoms with E-state index < -0.39 is 0 Å². The van der Waals surface area contributed by atoms with E-state index in [1.807, 2.05) is 40.8 Å². The van der Waals surface area contributed by atoms with Gasteiger partial charge in [-0.25, -0.2) is 0 Å². The van der Waals surface area contributed by atoms with E-state index in [0.717, 1.165) is 42.8 Å². The zero-order chi connectivity index (χ0) is 13.4. The monoisotopic (exact) mass is 277 g/mol.